The molecule has 0 amide bonds. The monoisotopic (exact) mass is 423 g/mol. The smallest absolute Gasteiger partial charge is 0.352 e. The quantitative estimate of drug-likeness (QED) is 0.682. The summed E-state index contributed by atoms with van der Waals surface area (Å²) in [5.41, 5.74) is -1.03. The van der Waals surface area contributed by atoms with Crippen LogP contribution in [0.4, 0.5) is 19.0 Å². The number of rotatable bonds is 7. The van der Waals surface area contributed by atoms with Gasteiger partial charge in [0.2, 0.25) is 5.88 Å². The molecule has 0 spiro atoms. The molecule has 5 rings (SSSR count). The maximum atomic E-state index is 14.4. The predicted octanol–water partition coefficient (Wildman–Crippen LogP) is 2.55. The number of alkyl halides is 1. The minimum Gasteiger partial charge on any atom is -0.481 e. The lowest BCUT2D eigenvalue weighted by Crippen LogP contribution is -2.26. The maximum Gasteiger partial charge on any atom is 0.352 e. The van der Waals surface area contributed by atoms with Gasteiger partial charge in [-0.15, -0.1) is 0 Å². The maximum absolute atomic E-state index is 14.4. The molecule has 1 saturated carbocycles. The second kappa shape index (κ2) is 7.19. The van der Waals surface area contributed by atoms with Gasteiger partial charge in [0.05, 0.1) is 25.9 Å². The summed E-state index contributed by atoms with van der Waals surface area (Å²) in [6.07, 6.45) is 1.26. The molecule has 0 bridgehead atoms. The van der Waals surface area contributed by atoms with Crippen molar-refractivity contribution < 1.29 is 27.4 Å². The van der Waals surface area contributed by atoms with Gasteiger partial charge in [0, 0.05) is 12.5 Å². The molecular weight excluding hydrogens is 403 g/mol. The Morgan fingerprint density at radius 1 is 1.23 bits per heavy atom. The third kappa shape index (κ3) is 3.38. The molecule has 1 aromatic carbocycles. The van der Waals surface area contributed by atoms with Crippen LogP contribution in [-0.2, 0) is 17.9 Å². The van der Waals surface area contributed by atoms with Crippen LogP contribution in [0.3, 0.4) is 0 Å². The van der Waals surface area contributed by atoms with Gasteiger partial charge >= 0.3 is 5.69 Å². The molecule has 30 heavy (non-hydrogen) atoms. The van der Waals surface area contributed by atoms with Gasteiger partial charge in [-0.2, -0.15) is 4.98 Å². The van der Waals surface area contributed by atoms with Crippen molar-refractivity contribution in [1.82, 2.24) is 9.55 Å². The van der Waals surface area contributed by atoms with E-state index in [9.17, 15) is 18.0 Å². The fraction of sp³-hybridized carbons (Fsp3) is 0.500. The van der Waals surface area contributed by atoms with Crippen LogP contribution < -0.4 is 20.1 Å². The molecule has 1 atom stereocenters. The SMILES string of the molecule is O=c1nc(OCc2cc(F)c(OC3(CCF)CC3)c(F)c2)cc2n1C[C@@H]1COCN21. The molecule has 1 aromatic heterocycles. The van der Waals surface area contributed by atoms with Crippen LogP contribution in [0.2, 0.25) is 0 Å². The van der Waals surface area contributed by atoms with Crippen molar-refractivity contribution in [2.75, 3.05) is 24.9 Å². The van der Waals surface area contributed by atoms with Crippen LogP contribution in [0.25, 0.3) is 0 Å². The number of nitrogens with zero attached hydrogens (tertiary/aromatic N) is 3. The first-order valence-corrected chi connectivity index (χ1v) is 9.80. The van der Waals surface area contributed by atoms with Crippen molar-refractivity contribution in [2.45, 2.75) is 44.1 Å². The first-order valence-electron chi connectivity index (χ1n) is 9.80. The molecule has 7 nitrogen and oxygen atoms in total. The number of hydrogen-bond donors (Lipinski definition) is 0. The zero-order valence-electron chi connectivity index (χ0n) is 16.1. The average molecular weight is 423 g/mol. The van der Waals surface area contributed by atoms with Gasteiger partial charge in [-0.3, -0.25) is 8.96 Å². The van der Waals surface area contributed by atoms with Crippen LogP contribution in [-0.4, -0.2) is 41.2 Å². The van der Waals surface area contributed by atoms with Crippen molar-refractivity contribution in [1.29, 1.82) is 0 Å². The topological polar surface area (TPSA) is 65.8 Å². The van der Waals surface area contributed by atoms with E-state index in [4.69, 9.17) is 14.2 Å². The van der Waals surface area contributed by atoms with Crippen LogP contribution in [0.1, 0.15) is 24.8 Å². The summed E-state index contributed by atoms with van der Waals surface area (Å²) in [6, 6.07) is 3.93. The van der Waals surface area contributed by atoms with E-state index in [1.165, 1.54) is 0 Å². The number of aromatic nitrogens is 2. The standard InChI is InChI=1S/C20H20F3N3O4/c21-4-3-20(1-2-20)30-18-14(22)5-12(6-15(18)23)9-29-16-7-17-25(19(27)24-16)8-13-10-28-11-26(13)17/h5-7,13H,1-4,8-11H2/t13-/m1/s1. The molecule has 0 N–H and O–H groups in total. The molecule has 2 aromatic rings. The van der Waals surface area contributed by atoms with Crippen molar-refractivity contribution in [2.24, 2.45) is 0 Å². The van der Waals surface area contributed by atoms with E-state index in [1.807, 2.05) is 4.90 Å². The first kappa shape index (κ1) is 19.2. The van der Waals surface area contributed by atoms with Gasteiger partial charge in [-0.05, 0) is 30.5 Å². The summed E-state index contributed by atoms with van der Waals surface area (Å²) >= 11 is 0. The molecular formula is C20H20F3N3O4. The molecule has 1 aliphatic carbocycles. The van der Waals surface area contributed by atoms with Crippen LogP contribution >= 0.6 is 0 Å². The molecule has 2 fully saturated rings. The number of fused-ring (bicyclic) bond motifs is 3. The van der Waals surface area contributed by atoms with Gasteiger partial charge in [-0.25, -0.2) is 13.6 Å². The van der Waals surface area contributed by atoms with E-state index in [0.29, 0.717) is 38.5 Å². The number of hydrogen-bond acceptors (Lipinski definition) is 6. The predicted molar refractivity (Wildman–Crippen MR) is 99.5 cm³/mol. The highest BCUT2D eigenvalue weighted by Gasteiger charge is 2.46. The van der Waals surface area contributed by atoms with Crippen molar-refractivity contribution in [3.63, 3.8) is 0 Å². The third-order valence-electron chi connectivity index (χ3n) is 5.76. The Kier molecular flexibility index (Phi) is 4.61. The molecule has 3 heterocycles. The fourth-order valence-corrected chi connectivity index (χ4v) is 3.94. The molecule has 10 heteroatoms. The van der Waals surface area contributed by atoms with Crippen LogP contribution in [0.15, 0.2) is 23.0 Å². The number of anilines is 1. The lowest BCUT2D eigenvalue weighted by Gasteiger charge is -2.18. The van der Waals surface area contributed by atoms with Gasteiger partial charge in [-0.1, -0.05) is 0 Å². The van der Waals surface area contributed by atoms with Crippen molar-refractivity contribution in [3.05, 3.63) is 45.9 Å². The van der Waals surface area contributed by atoms with Gasteiger partial charge in [0.25, 0.3) is 0 Å². The second-order valence-electron chi connectivity index (χ2n) is 7.87. The van der Waals surface area contributed by atoms with Crippen LogP contribution in [0.5, 0.6) is 11.6 Å². The molecule has 0 radical (unpaired) electrons. The lowest BCUT2D eigenvalue weighted by molar-refractivity contribution is 0.142. The summed E-state index contributed by atoms with van der Waals surface area (Å²) in [4.78, 5) is 18.1. The normalized spacial score (nSPS) is 20.8. The Morgan fingerprint density at radius 2 is 2.00 bits per heavy atom. The van der Waals surface area contributed by atoms with E-state index in [-0.39, 0.29) is 30.5 Å². The average Bonchev–Trinajstić information content (AvgIpc) is 3.15. The van der Waals surface area contributed by atoms with E-state index in [2.05, 4.69) is 4.98 Å². The Hall–Kier alpha value is -2.75. The van der Waals surface area contributed by atoms with E-state index < -0.39 is 35.3 Å². The minimum atomic E-state index is -0.877. The Bertz CT molecular complexity index is 1020. The van der Waals surface area contributed by atoms with E-state index in [0.717, 1.165) is 12.1 Å². The number of halogens is 3. The van der Waals surface area contributed by atoms with Gasteiger partial charge in [0.1, 0.15) is 24.8 Å². The van der Waals surface area contributed by atoms with Gasteiger partial charge < -0.3 is 19.1 Å². The Balaban J connectivity index is 1.31. The molecule has 3 aliphatic rings. The molecule has 0 unspecified atom stereocenters. The lowest BCUT2D eigenvalue weighted by atomic mass is 10.2. The number of benzene rings is 1. The van der Waals surface area contributed by atoms with Gasteiger partial charge in [0.15, 0.2) is 17.4 Å². The second-order valence-corrected chi connectivity index (χ2v) is 7.87. The fourth-order valence-electron chi connectivity index (χ4n) is 3.94. The van der Waals surface area contributed by atoms with Crippen LogP contribution in [0, 0.1) is 11.6 Å². The summed E-state index contributed by atoms with van der Waals surface area (Å²) < 4.78 is 59.4. The molecule has 2 aliphatic heterocycles. The molecule has 1 saturated heterocycles. The Morgan fingerprint density at radius 3 is 2.70 bits per heavy atom. The minimum absolute atomic E-state index is 0.0693. The number of ether oxygens (including phenoxy) is 3. The largest absolute Gasteiger partial charge is 0.481 e. The summed E-state index contributed by atoms with van der Waals surface area (Å²) in [6.45, 7) is 0.641. The molecule has 160 valence electrons. The summed E-state index contributed by atoms with van der Waals surface area (Å²) in [5.74, 6) is -1.54. The van der Waals surface area contributed by atoms with E-state index in [1.54, 1.807) is 10.6 Å². The highest BCUT2D eigenvalue weighted by atomic mass is 19.1. The Labute approximate surface area is 170 Å². The van der Waals surface area contributed by atoms with Crippen molar-refractivity contribution >= 4 is 5.82 Å². The highest BCUT2D eigenvalue weighted by Crippen LogP contribution is 2.44. The third-order valence-corrected chi connectivity index (χ3v) is 5.76. The zero-order chi connectivity index (χ0) is 20.9. The highest BCUT2D eigenvalue weighted by molar-refractivity contribution is 5.47. The van der Waals surface area contributed by atoms with Crippen molar-refractivity contribution in [3.8, 4) is 11.6 Å². The summed E-state index contributed by atoms with van der Waals surface area (Å²) in [5, 5.41) is 0. The van der Waals surface area contributed by atoms with E-state index >= 15 is 0 Å². The summed E-state index contributed by atoms with van der Waals surface area (Å²) in [7, 11) is 0. The zero-order valence-corrected chi connectivity index (χ0v) is 16.1. The first-order chi connectivity index (χ1) is 14.5.